The zero-order valence-electron chi connectivity index (χ0n) is 13.6. The van der Waals surface area contributed by atoms with Crippen molar-refractivity contribution in [2.75, 3.05) is 0 Å². The molecule has 2 rings (SSSR count). The predicted octanol–water partition coefficient (Wildman–Crippen LogP) is 1.96. The molecule has 130 valence electrons. The minimum absolute atomic E-state index is 0.000893. The number of carbonyl (C=O) groups excluding carboxylic acids is 3. The van der Waals surface area contributed by atoms with E-state index < -0.39 is 30.2 Å². The molecule has 0 aliphatic rings. The highest BCUT2D eigenvalue weighted by atomic mass is 16.6. The summed E-state index contributed by atoms with van der Waals surface area (Å²) in [7, 11) is 0. The summed E-state index contributed by atoms with van der Waals surface area (Å²) >= 11 is 0. The fourth-order valence-corrected chi connectivity index (χ4v) is 2.12. The highest BCUT2D eigenvalue weighted by Crippen LogP contribution is 2.12. The molecule has 0 aliphatic heterocycles. The fourth-order valence-electron chi connectivity index (χ4n) is 2.12. The SMILES string of the molecule is NC(=O)CC(C(=O)OCc1ccccc1)C(=O)OCc1ccccc1. The van der Waals surface area contributed by atoms with Gasteiger partial charge in [0.1, 0.15) is 13.2 Å². The Bertz CT molecular complexity index is 660. The molecule has 2 aromatic carbocycles. The molecule has 0 unspecified atom stereocenters. The minimum atomic E-state index is -1.37. The van der Waals surface area contributed by atoms with Crippen molar-refractivity contribution >= 4 is 17.8 Å². The second kappa shape index (κ2) is 9.22. The van der Waals surface area contributed by atoms with Crippen LogP contribution in [0.1, 0.15) is 17.5 Å². The van der Waals surface area contributed by atoms with Crippen LogP contribution in [0.5, 0.6) is 0 Å². The Kier molecular flexibility index (Phi) is 6.71. The molecule has 0 radical (unpaired) electrons. The van der Waals surface area contributed by atoms with Gasteiger partial charge in [-0.05, 0) is 11.1 Å². The first-order valence-corrected chi connectivity index (χ1v) is 7.75. The molecular weight excluding hydrogens is 322 g/mol. The molecule has 0 fully saturated rings. The summed E-state index contributed by atoms with van der Waals surface area (Å²) in [5, 5.41) is 0. The van der Waals surface area contributed by atoms with Crippen LogP contribution in [0, 0.1) is 5.92 Å². The molecule has 25 heavy (non-hydrogen) atoms. The van der Waals surface area contributed by atoms with Gasteiger partial charge < -0.3 is 15.2 Å². The molecule has 2 aromatic rings. The molecule has 6 heteroatoms. The highest BCUT2D eigenvalue weighted by molar-refractivity contribution is 5.98. The van der Waals surface area contributed by atoms with E-state index in [1.807, 2.05) is 12.1 Å². The lowest BCUT2D eigenvalue weighted by Crippen LogP contribution is -2.32. The van der Waals surface area contributed by atoms with Crippen LogP contribution in [0.25, 0.3) is 0 Å². The van der Waals surface area contributed by atoms with Crippen LogP contribution < -0.4 is 5.73 Å². The molecule has 0 saturated heterocycles. The van der Waals surface area contributed by atoms with Gasteiger partial charge in [-0.1, -0.05) is 60.7 Å². The Morgan fingerprint density at radius 3 is 1.52 bits per heavy atom. The van der Waals surface area contributed by atoms with E-state index in [2.05, 4.69) is 0 Å². The molecule has 0 saturated carbocycles. The number of nitrogens with two attached hydrogens (primary N) is 1. The maximum absolute atomic E-state index is 12.2. The van der Waals surface area contributed by atoms with Gasteiger partial charge in [-0.3, -0.25) is 14.4 Å². The average Bonchev–Trinajstić information content (AvgIpc) is 2.64. The number of hydrogen-bond donors (Lipinski definition) is 1. The smallest absolute Gasteiger partial charge is 0.321 e. The van der Waals surface area contributed by atoms with Gasteiger partial charge in [-0.2, -0.15) is 0 Å². The highest BCUT2D eigenvalue weighted by Gasteiger charge is 2.31. The first kappa shape index (κ1) is 18.2. The fraction of sp³-hybridized carbons (Fsp3) is 0.211. The van der Waals surface area contributed by atoms with Gasteiger partial charge in [0.05, 0.1) is 6.42 Å². The first-order valence-electron chi connectivity index (χ1n) is 7.75. The van der Waals surface area contributed by atoms with Crippen molar-refractivity contribution in [2.45, 2.75) is 19.6 Å². The normalized spacial score (nSPS) is 10.3. The van der Waals surface area contributed by atoms with Gasteiger partial charge in [-0.15, -0.1) is 0 Å². The van der Waals surface area contributed by atoms with Crippen LogP contribution in [0.3, 0.4) is 0 Å². The number of amides is 1. The largest absolute Gasteiger partial charge is 0.460 e. The molecule has 0 spiro atoms. The number of primary amides is 1. The minimum Gasteiger partial charge on any atom is -0.460 e. The average molecular weight is 341 g/mol. The quantitative estimate of drug-likeness (QED) is 0.585. The van der Waals surface area contributed by atoms with Crippen molar-refractivity contribution < 1.29 is 23.9 Å². The molecule has 0 aliphatic carbocycles. The third kappa shape index (κ3) is 6.10. The number of hydrogen-bond acceptors (Lipinski definition) is 5. The number of benzene rings is 2. The summed E-state index contributed by atoms with van der Waals surface area (Å²) in [5.74, 6) is -3.82. The number of ether oxygens (including phenoxy) is 2. The topological polar surface area (TPSA) is 95.7 Å². The third-order valence-electron chi connectivity index (χ3n) is 3.42. The van der Waals surface area contributed by atoms with Gasteiger partial charge in [-0.25, -0.2) is 0 Å². The van der Waals surface area contributed by atoms with Crippen LogP contribution in [0.15, 0.2) is 60.7 Å². The van der Waals surface area contributed by atoms with Crippen molar-refractivity contribution in [3.8, 4) is 0 Å². The van der Waals surface area contributed by atoms with Gasteiger partial charge in [0.25, 0.3) is 0 Å². The third-order valence-corrected chi connectivity index (χ3v) is 3.42. The van der Waals surface area contributed by atoms with Crippen LogP contribution in [0.4, 0.5) is 0 Å². The number of rotatable bonds is 8. The summed E-state index contributed by atoms with van der Waals surface area (Å²) in [6.45, 7) is 0.00179. The van der Waals surface area contributed by atoms with Crippen LogP contribution in [-0.4, -0.2) is 17.8 Å². The van der Waals surface area contributed by atoms with Gasteiger partial charge in [0.15, 0.2) is 5.92 Å². The molecule has 6 nitrogen and oxygen atoms in total. The Labute approximate surface area is 145 Å². The van der Waals surface area contributed by atoms with E-state index >= 15 is 0 Å². The van der Waals surface area contributed by atoms with Gasteiger partial charge >= 0.3 is 11.9 Å². The lowest BCUT2D eigenvalue weighted by Gasteiger charge is -2.14. The van der Waals surface area contributed by atoms with E-state index in [-0.39, 0.29) is 13.2 Å². The van der Waals surface area contributed by atoms with Crippen LogP contribution >= 0.6 is 0 Å². The lowest BCUT2D eigenvalue weighted by molar-refractivity contribution is -0.165. The molecule has 0 aromatic heterocycles. The Morgan fingerprint density at radius 1 is 0.760 bits per heavy atom. The first-order chi connectivity index (χ1) is 12.1. The standard InChI is InChI=1S/C19H19NO5/c20-17(21)11-16(18(22)24-12-14-7-3-1-4-8-14)19(23)25-13-15-9-5-2-6-10-15/h1-10,16H,11-13H2,(H2,20,21). The van der Waals surface area contributed by atoms with Crippen molar-refractivity contribution in [1.29, 1.82) is 0 Å². The van der Waals surface area contributed by atoms with E-state index in [0.29, 0.717) is 0 Å². The summed E-state index contributed by atoms with van der Waals surface area (Å²) in [6, 6.07) is 18.0. The van der Waals surface area contributed by atoms with Crippen LogP contribution in [-0.2, 0) is 37.1 Å². The van der Waals surface area contributed by atoms with E-state index in [4.69, 9.17) is 15.2 Å². The van der Waals surface area contributed by atoms with Crippen molar-refractivity contribution in [2.24, 2.45) is 11.7 Å². The molecular formula is C19H19NO5. The summed E-state index contributed by atoms with van der Waals surface area (Å²) in [5.41, 5.74) is 6.67. The molecule has 1 amide bonds. The Hall–Kier alpha value is -3.15. The maximum Gasteiger partial charge on any atom is 0.321 e. The second-order valence-corrected chi connectivity index (χ2v) is 5.41. The summed E-state index contributed by atoms with van der Waals surface area (Å²) < 4.78 is 10.2. The van der Waals surface area contributed by atoms with Crippen molar-refractivity contribution in [3.05, 3.63) is 71.8 Å². The lowest BCUT2D eigenvalue weighted by atomic mass is 10.1. The Balaban J connectivity index is 1.95. The molecule has 2 N–H and O–H groups in total. The van der Waals surface area contributed by atoms with E-state index in [1.54, 1.807) is 48.5 Å². The Morgan fingerprint density at radius 2 is 1.16 bits per heavy atom. The van der Waals surface area contributed by atoms with Gasteiger partial charge in [0.2, 0.25) is 5.91 Å². The zero-order chi connectivity index (χ0) is 18.1. The monoisotopic (exact) mass is 341 g/mol. The molecule has 0 heterocycles. The van der Waals surface area contributed by atoms with E-state index in [0.717, 1.165) is 11.1 Å². The van der Waals surface area contributed by atoms with E-state index in [1.165, 1.54) is 0 Å². The maximum atomic E-state index is 12.2. The van der Waals surface area contributed by atoms with Gasteiger partial charge in [0, 0.05) is 0 Å². The molecule has 0 atom stereocenters. The van der Waals surface area contributed by atoms with Crippen molar-refractivity contribution in [3.63, 3.8) is 0 Å². The van der Waals surface area contributed by atoms with Crippen molar-refractivity contribution in [1.82, 2.24) is 0 Å². The predicted molar refractivity (Wildman–Crippen MR) is 89.8 cm³/mol. The number of carbonyl (C=O) groups is 3. The summed E-state index contributed by atoms with van der Waals surface area (Å²) in [6.07, 6.45) is -0.457. The number of esters is 2. The second-order valence-electron chi connectivity index (χ2n) is 5.41. The zero-order valence-corrected chi connectivity index (χ0v) is 13.6. The summed E-state index contributed by atoms with van der Waals surface area (Å²) in [4.78, 5) is 35.5. The van der Waals surface area contributed by atoms with E-state index in [9.17, 15) is 14.4 Å². The molecule has 0 bridgehead atoms. The van der Waals surface area contributed by atoms with Crippen LogP contribution in [0.2, 0.25) is 0 Å².